The van der Waals surface area contributed by atoms with Crippen molar-refractivity contribution in [2.75, 3.05) is 0 Å². The first-order valence-electron chi connectivity index (χ1n) is 7.04. The molecule has 0 amide bonds. The monoisotopic (exact) mass is 252 g/mol. The lowest BCUT2D eigenvalue weighted by Gasteiger charge is -2.22. The van der Waals surface area contributed by atoms with E-state index in [0.29, 0.717) is 0 Å². The Hall–Kier alpha value is -0.340. The van der Waals surface area contributed by atoms with E-state index >= 15 is 0 Å². The Morgan fingerprint density at radius 3 is 2.76 bits per heavy atom. The Morgan fingerprint density at radius 2 is 2.06 bits per heavy atom. The molecule has 17 heavy (non-hydrogen) atoms. The van der Waals surface area contributed by atoms with Crippen LogP contribution >= 0.6 is 11.3 Å². The van der Waals surface area contributed by atoms with Crippen LogP contribution in [0, 0.1) is 5.92 Å². The van der Waals surface area contributed by atoms with E-state index in [0.717, 1.165) is 25.2 Å². The van der Waals surface area contributed by atoms with Crippen molar-refractivity contribution < 1.29 is 5.11 Å². The maximum atomic E-state index is 9.98. The first-order chi connectivity index (χ1) is 8.34. The summed E-state index contributed by atoms with van der Waals surface area (Å²) in [6.45, 7) is 0. The van der Waals surface area contributed by atoms with Gasteiger partial charge in [-0.3, -0.25) is 0 Å². The molecular weight excluding hydrogens is 228 g/mol. The Bertz CT molecular complexity index is 288. The third-order valence-electron chi connectivity index (χ3n) is 3.98. The Kier molecular flexibility index (Phi) is 5.53. The van der Waals surface area contributed by atoms with Gasteiger partial charge in [0.15, 0.2) is 0 Å². The molecule has 1 nitrogen and oxygen atoms in total. The largest absolute Gasteiger partial charge is 0.393 e. The molecule has 1 aliphatic carbocycles. The van der Waals surface area contributed by atoms with Crippen molar-refractivity contribution in [3.8, 4) is 0 Å². The van der Waals surface area contributed by atoms with Crippen LogP contribution in [0.1, 0.15) is 56.9 Å². The van der Waals surface area contributed by atoms with E-state index in [2.05, 4.69) is 16.8 Å². The van der Waals surface area contributed by atoms with Crippen LogP contribution in [0.2, 0.25) is 0 Å². The molecule has 2 rings (SSSR count). The van der Waals surface area contributed by atoms with Gasteiger partial charge >= 0.3 is 0 Å². The molecule has 0 aromatic carbocycles. The Morgan fingerprint density at radius 1 is 1.24 bits per heavy atom. The summed E-state index contributed by atoms with van der Waals surface area (Å²) in [6, 6.07) is 2.17. The highest BCUT2D eigenvalue weighted by molar-refractivity contribution is 7.07. The van der Waals surface area contributed by atoms with Crippen LogP contribution in [-0.4, -0.2) is 11.2 Å². The highest BCUT2D eigenvalue weighted by atomic mass is 32.1. The lowest BCUT2D eigenvalue weighted by atomic mass is 9.85. The molecule has 1 saturated carbocycles. The van der Waals surface area contributed by atoms with Crippen molar-refractivity contribution in [2.24, 2.45) is 5.92 Å². The third-order valence-corrected chi connectivity index (χ3v) is 4.71. The fourth-order valence-electron chi connectivity index (χ4n) is 2.82. The summed E-state index contributed by atoms with van der Waals surface area (Å²) in [4.78, 5) is 0. The molecule has 96 valence electrons. The second-order valence-corrected chi connectivity index (χ2v) is 6.19. The maximum absolute atomic E-state index is 9.98. The van der Waals surface area contributed by atoms with Crippen LogP contribution in [-0.2, 0) is 6.42 Å². The van der Waals surface area contributed by atoms with E-state index in [1.165, 1.54) is 44.1 Å². The summed E-state index contributed by atoms with van der Waals surface area (Å²) < 4.78 is 0. The van der Waals surface area contributed by atoms with Gasteiger partial charge in [-0.1, -0.05) is 32.1 Å². The van der Waals surface area contributed by atoms with Gasteiger partial charge in [0.05, 0.1) is 6.10 Å². The van der Waals surface area contributed by atoms with E-state index in [1.807, 2.05) is 0 Å². The maximum Gasteiger partial charge on any atom is 0.0543 e. The molecule has 1 N–H and O–H groups in total. The van der Waals surface area contributed by atoms with Crippen molar-refractivity contribution in [3.63, 3.8) is 0 Å². The van der Waals surface area contributed by atoms with Crippen LogP contribution in [0.15, 0.2) is 16.8 Å². The number of aliphatic hydroxyl groups is 1. The zero-order chi connectivity index (χ0) is 11.9. The molecule has 0 saturated heterocycles. The van der Waals surface area contributed by atoms with Gasteiger partial charge in [0.2, 0.25) is 0 Å². The summed E-state index contributed by atoms with van der Waals surface area (Å²) in [6.07, 6.45) is 11.2. The second-order valence-electron chi connectivity index (χ2n) is 5.41. The number of thiophene rings is 1. The Balaban J connectivity index is 1.58. The first-order valence-corrected chi connectivity index (χ1v) is 7.98. The topological polar surface area (TPSA) is 20.2 Å². The minimum absolute atomic E-state index is 0.0863. The van der Waals surface area contributed by atoms with Gasteiger partial charge in [0.1, 0.15) is 0 Å². The minimum atomic E-state index is -0.0863. The molecule has 0 bridgehead atoms. The fraction of sp³-hybridized carbons (Fsp3) is 0.733. The van der Waals surface area contributed by atoms with Crippen molar-refractivity contribution in [2.45, 2.75) is 63.9 Å². The molecular formula is C15H24OS. The van der Waals surface area contributed by atoms with Crippen LogP contribution in [0.5, 0.6) is 0 Å². The predicted octanol–water partition coefficient (Wildman–Crippen LogP) is 4.40. The molecule has 0 radical (unpaired) electrons. The van der Waals surface area contributed by atoms with E-state index in [1.54, 1.807) is 11.3 Å². The van der Waals surface area contributed by atoms with Gasteiger partial charge in [-0.05, 0) is 54.0 Å². The van der Waals surface area contributed by atoms with Crippen molar-refractivity contribution >= 4 is 11.3 Å². The van der Waals surface area contributed by atoms with Gasteiger partial charge in [-0.25, -0.2) is 0 Å². The van der Waals surface area contributed by atoms with Crippen molar-refractivity contribution in [1.29, 1.82) is 0 Å². The van der Waals surface area contributed by atoms with Gasteiger partial charge < -0.3 is 5.11 Å². The Labute approximate surface area is 109 Å². The zero-order valence-corrected chi connectivity index (χ0v) is 11.4. The molecule has 0 spiro atoms. The highest BCUT2D eigenvalue weighted by Gasteiger charge is 2.15. The summed E-state index contributed by atoms with van der Waals surface area (Å²) in [5.41, 5.74) is 1.38. The van der Waals surface area contributed by atoms with Crippen molar-refractivity contribution in [1.82, 2.24) is 0 Å². The lowest BCUT2D eigenvalue weighted by Crippen LogP contribution is -2.13. The van der Waals surface area contributed by atoms with E-state index in [4.69, 9.17) is 0 Å². The zero-order valence-electron chi connectivity index (χ0n) is 10.6. The number of aliphatic hydroxyl groups excluding tert-OH is 1. The minimum Gasteiger partial charge on any atom is -0.393 e. The normalized spacial score (nSPS) is 19.4. The standard InChI is InChI=1S/C15H24OS/c16-15(9-7-14-10-11-17-12-14)8-6-13-4-2-1-3-5-13/h10-13,15-16H,1-9H2. The molecule has 0 aliphatic heterocycles. The van der Waals surface area contributed by atoms with Crippen LogP contribution in [0.25, 0.3) is 0 Å². The molecule has 1 aromatic heterocycles. The number of hydrogen-bond acceptors (Lipinski definition) is 2. The van der Waals surface area contributed by atoms with Gasteiger partial charge in [-0.15, -0.1) is 0 Å². The van der Waals surface area contributed by atoms with Crippen molar-refractivity contribution in [3.05, 3.63) is 22.4 Å². The summed E-state index contributed by atoms with van der Waals surface area (Å²) in [7, 11) is 0. The first kappa shape index (κ1) is 13.1. The summed E-state index contributed by atoms with van der Waals surface area (Å²) >= 11 is 1.75. The van der Waals surface area contributed by atoms with Gasteiger partial charge in [-0.2, -0.15) is 11.3 Å². The SMILES string of the molecule is OC(CCc1ccsc1)CCC1CCCCC1. The second kappa shape index (κ2) is 7.17. The van der Waals surface area contributed by atoms with Crippen LogP contribution in [0.3, 0.4) is 0 Å². The molecule has 1 fully saturated rings. The number of aryl methyl sites for hydroxylation is 1. The molecule has 1 aliphatic rings. The summed E-state index contributed by atoms with van der Waals surface area (Å²) in [5.74, 6) is 0.902. The van der Waals surface area contributed by atoms with E-state index in [-0.39, 0.29) is 6.10 Å². The molecule has 1 unspecified atom stereocenters. The lowest BCUT2D eigenvalue weighted by molar-refractivity contribution is 0.140. The molecule has 1 atom stereocenters. The fourth-order valence-corrected chi connectivity index (χ4v) is 3.52. The average molecular weight is 252 g/mol. The molecule has 1 aromatic rings. The quantitative estimate of drug-likeness (QED) is 0.795. The molecule has 2 heteroatoms. The number of rotatable bonds is 6. The van der Waals surface area contributed by atoms with Gasteiger partial charge in [0, 0.05) is 0 Å². The van der Waals surface area contributed by atoms with E-state index in [9.17, 15) is 5.11 Å². The average Bonchev–Trinajstić information content (AvgIpc) is 2.88. The van der Waals surface area contributed by atoms with E-state index < -0.39 is 0 Å². The van der Waals surface area contributed by atoms with Crippen LogP contribution < -0.4 is 0 Å². The van der Waals surface area contributed by atoms with Gasteiger partial charge in [0.25, 0.3) is 0 Å². The highest BCUT2D eigenvalue weighted by Crippen LogP contribution is 2.28. The smallest absolute Gasteiger partial charge is 0.0543 e. The third kappa shape index (κ3) is 4.81. The summed E-state index contributed by atoms with van der Waals surface area (Å²) in [5, 5.41) is 14.3. The van der Waals surface area contributed by atoms with Crippen LogP contribution in [0.4, 0.5) is 0 Å². The molecule has 1 heterocycles. The predicted molar refractivity (Wildman–Crippen MR) is 74.5 cm³/mol. The number of hydrogen-bond donors (Lipinski definition) is 1.